The van der Waals surface area contributed by atoms with Gasteiger partial charge in [0.05, 0.1) is 6.10 Å². The molecule has 0 aliphatic carbocycles. The monoisotopic (exact) mass is 188 g/mol. The lowest BCUT2D eigenvalue weighted by Crippen LogP contribution is -2.42. The second-order valence-corrected chi connectivity index (χ2v) is 3.19. The van der Waals surface area contributed by atoms with Crippen LogP contribution in [0.25, 0.3) is 0 Å². The second kappa shape index (κ2) is 4.55. The zero-order valence-electron chi connectivity index (χ0n) is 7.77. The zero-order chi connectivity index (χ0) is 9.84. The Bertz CT molecular complexity index is 182. The minimum absolute atomic E-state index is 0.124. The zero-order valence-corrected chi connectivity index (χ0v) is 7.77. The SMILES string of the molecule is COC(CN)C(=O)N1CCC(O)C1. The standard InChI is InChI=1S/C8H16N2O3/c1-13-7(4-9)8(12)10-3-2-6(11)5-10/h6-7,11H,2-5,9H2,1H3. The predicted molar refractivity (Wildman–Crippen MR) is 47.1 cm³/mol. The van der Waals surface area contributed by atoms with Gasteiger partial charge in [0.2, 0.25) is 0 Å². The highest BCUT2D eigenvalue weighted by molar-refractivity contribution is 5.81. The number of aliphatic hydroxyl groups is 1. The maximum atomic E-state index is 11.6. The molecule has 5 nitrogen and oxygen atoms in total. The van der Waals surface area contributed by atoms with Gasteiger partial charge in [-0.05, 0) is 6.42 Å². The van der Waals surface area contributed by atoms with Crippen LogP contribution in [-0.4, -0.2) is 54.9 Å². The Morgan fingerprint density at radius 2 is 2.54 bits per heavy atom. The van der Waals surface area contributed by atoms with E-state index in [4.69, 9.17) is 10.5 Å². The number of hydrogen-bond acceptors (Lipinski definition) is 4. The van der Waals surface area contributed by atoms with Crippen LogP contribution in [-0.2, 0) is 9.53 Å². The summed E-state index contributed by atoms with van der Waals surface area (Å²) >= 11 is 0. The topological polar surface area (TPSA) is 75.8 Å². The molecule has 0 bridgehead atoms. The normalized spacial score (nSPS) is 24.8. The molecule has 1 rings (SSSR count). The summed E-state index contributed by atoms with van der Waals surface area (Å²) in [5.41, 5.74) is 5.35. The van der Waals surface area contributed by atoms with E-state index in [0.717, 1.165) is 0 Å². The molecule has 1 aliphatic heterocycles. The van der Waals surface area contributed by atoms with E-state index in [9.17, 15) is 9.90 Å². The van der Waals surface area contributed by atoms with Gasteiger partial charge < -0.3 is 20.5 Å². The summed E-state index contributed by atoms with van der Waals surface area (Å²) in [6.07, 6.45) is -0.309. The number of nitrogens with zero attached hydrogens (tertiary/aromatic N) is 1. The first-order valence-corrected chi connectivity index (χ1v) is 4.38. The van der Waals surface area contributed by atoms with E-state index in [1.807, 2.05) is 0 Å². The summed E-state index contributed by atoms with van der Waals surface area (Å²) in [6.45, 7) is 1.18. The predicted octanol–water partition coefficient (Wildman–Crippen LogP) is -1.45. The second-order valence-electron chi connectivity index (χ2n) is 3.19. The first kappa shape index (κ1) is 10.4. The fourth-order valence-electron chi connectivity index (χ4n) is 1.44. The number of hydrogen-bond donors (Lipinski definition) is 2. The minimum Gasteiger partial charge on any atom is -0.391 e. The summed E-state index contributed by atoms with van der Waals surface area (Å²) in [4.78, 5) is 13.2. The van der Waals surface area contributed by atoms with Crippen molar-refractivity contribution in [3.8, 4) is 0 Å². The maximum absolute atomic E-state index is 11.6. The molecular weight excluding hydrogens is 172 g/mol. The van der Waals surface area contributed by atoms with Crippen molar-refractivity contribution in [2.45, 2.75) is 18.6 Å². The molecule has 13 heavy (non-hydrogen) atoms. The third-order valence-electron chi connectivity index (χ3n) is 2.25. The van der Waals surface area contributed by atoms with Crippen molar-refractivity contribution in [3.05, 3.63) is 0 Å². The number of carbonyl (C=O) groups is 1. The Balaban J connectivity index is 2.47. The Morgan fingerprint density at radius 3 is 2.92 bits per heavy atom. The van der Waals surface area contributed by atoms with Crippen molar-refractivity contribution in [1.29, 1.82) is 0 Å². The van der Waals surface area contributed by atoms with Crippen LogP contribution in [0.1, 0.15) is 6.42 Å². The molecule has 2 atom stereocenters. The van der Waals surface area contributed by atoms with Gasteiger partial charge in [0.1, 0.15) is 6.10 Å². The van der Waals surface area contributed by atoms with Crippen molar-refractivity contribution in [3.63, 3.8) is 0 Å². The quantitative estimate of drug-likeness (QED) is 0.568. The molecule has 5 heteroatoms. The number of aliphatic hydroxyl groups excluding tert-OH is 1. The Hall–Kier alpha value is -0.650. The average molecular weight is 188 g/mol. The van der Waals surface area contributed by atoms with Crippen molar-refractivity contribution in [2.24, 2.45) is 5.73 Å². The van der Waals surface area contributed by atoms with Gasteiger partial charge in [-0.2, -0.15) is 0 Å². The highest BCUT2D eigenvalue weighted by Crippen LogP contribution is 2.10. The number of amides is 1. The number of rotatable bonds is 3. The van der Waals surface area contributed by atoms with Crippen molar-refractivity contribution in [2.75, 3.05) is 26.7 Å². The number of ether oxygens (including phenoxy) is 1. The Morgan fingerprint density at radius 1 is 1.85 bits per heavy atom. The lowest BCUT2D eigenvalue weighted by molar-refractivity contribution is -0.140. The Labute approximate surface area is 77.5 Å². The van der Waals surface area contributed by atoms with Gasteiger partial charge in [-0.25, -0.2) is 0 Å². The van der Waals surface area contributed by atoms with Crippen LogP contribution in [0.3, 0.4) is 0 Å². The number of carbonyl (C=O) groups excluding carboxylic acids is 1. The average Bonchev–Trinajstić information content (AvgIpc) is 2.54. The van der Waals surface area contributed by atoms with Crippen LogP contribution < -0.4 is 5.73 Å². The van der Waals surface area contributed by atoms with Gasteiger partial charge in [-0.3, -0.25) is 4.79 Å². The number of nitrogens with two attached hydrogens (primary N) is 1. The van der Waals surface area contributed by atoms with Gasteiger partial charge >= 0.3 is 0 Å². The van der Waals surface area contributed by atoms with Crippen LogP contribution >= 0.6 is 0 Å². The molecule has 1 saturated heterocycles. The van der Waals surface area contributed by atoms with Gasteiger partial charge in [0, 0.05) is 26.7 Å². The highest BCUT2D eigenvalue weighted by atomic mass is 16.5. The maximum Gasteiger partial charge on any atom is 0.253 e. The Kier molecular flexibility index (Phi) is 3.65. The van der Waals surface area contributed by atoms with Crippen LogP contribution in [0.5, 0.6) is 0 Å². The largest absolute Gasteiger partial charge is 0.391 e. The molecule has 3 N–H and O–H groups in total. The molecule has 1 aliphatic rings. The van der Waals surface area contributed by atoms with E-state index in [1.165, 1.54) is 7.11 Å². The van der Waals surface area contributed by atoms with E-state index in [1.54, 1.807) is 4.90 Å². The van der Waals surface area contributed by atoms with Crippen LogP contribution in [0, 0.1) is 0 Å². The molecule has 0 saturated carbocycles. The van der Waals surface area contributed by atoms with E-state index in [2.05, 4.69) is 0 Å². The van der Waals surface area contributed by atoms with Gasteiger partial charge in [-0.1, -0.05) is 0 Å². The van der Waals surface area contributed by atoms with Gasteiger partial charge in [0.15, 0.2) is 0 Å². The van der Waals surface area contributed by atoms with Crippen LogP contribution in [0.15, 0.2) is 0 Å². The molecule has 76 valence electrons. The molecule has 0 aromatic heterocycles. The molecule has 2 unspecified atom stereocenters. The van der Waals surface area contributed by atoms with E-state index in [-0.39, 0.29) is 18.6 Å². The van der Waals surface area contributed by atoms with E-state index >= 15 is 0 Å². The van der Waals surface area contributed by atoms with Crippen LogP contribution in [0.2, 0.25) is 0 Å². The first-order valence-electron chi connectivity index (χ1n) is 4.38. The third kappa shape index (κ3) is 2.40. The first-order chi connectivity index (χ1) is 6.19. The molecule has 0 aromatic rings. The van der Waals surface area contributed by atoms with Gasteiger partial charge in [0.25, 0.3) is 5.91 Å². The number of likely N-dealkylation sites (tertiary alicyclic amines) is 1. The van der Waals surface area contributed by atoms with Crippen LogP contribution in [0.4, 0.5) is 0 Å². The number of β-amino-alcohol motifs (C(OH)–C–C–N with tert-alkyl or cyclic N) is 1. The van der Waals surface area contributed by atoms with Crippen molar-refractivity contribution in [1.82, 2.24) is 4.90 Å². The van der Waals surface area contributed by atoms with E-state index < -0.39 is 6.10 Å². The van der Waals surface area contributed by atoms with E-state index in [0.29, 0.717) is 19.5 Å². The van der Waals surface area contributed by atoms with Crippen molar-refractivity contribution < 1.29 is 14.6 Å². The molecular formula is C8H16N2O3. The lowest BCUT2D eigenvalue weighted by Gasteiger charge is -2.20. The molecule has 1 heterocycles. The lowest BCUT2D eigenvalue weighted by atomic mass is 10.3. The summed E-state index contributed by atoms with van der Waals surface area (Å²) in [7, 11) is 1.46. The fraction of sp³-hybridized carbons (Fsp3) is 0.875. The smallest absolute Gasteiger partial charge is 0.253 e. The van der Waals surface area contributed by atoms with Gasteiger partial charge in [-0.15, -0.1) is 0 Å². The molecule has 1 fully saturated rings. The fourth-order valence-corrected chi connectivity index (χ4v) is 1.44. The van der Waals surface area contributed by atoms with Crippen molar-refractivity contribution >= 4 is 5.91 Å². The summed E-state index contributed by atoms with van der Waals surface area (Å²) in [5, 5.41) is 9.21. The highest BCUT2D eigenvalue weighted by Gasteiger charge is 2.28. The molecule has 1 amide bonds. The number of methoxy groups -OCH3 is 1. The summed E-state index contributed by atoms with van der Waals surface area (Å²) in [5.74, 6) is -0.124. The molecule has 0 aromatic carbocycles. The summed E-state index contributed by atoms with van der Waals surface area (Å²) < 4.78 is 4.91. The minimum atomic E-state index is -0.565. The third-order valence-corrected chi connectivity index (χ3v) is 2.25. The molecule has 0 radical (unpaired) electrons. The molecule has 0 spiro atoms. The summed E-state index contributed by atoms with van der Waals surface area (Å²) in [6, 6.07) is 0.